The summed E-state index contributed by atoms with van der Waals surface area (Å²) < 4.78 is 5.09. The number of rotatable bonds is 3. The van der Waals surface area contributed by atoms with Gasteiger partial charge in [-0.25, -0.2) is 9.97 Å². The van der Waals surface area contributed by atoms with Crippen molar-refractivity contribution in [2.75, 3.05) is 20.2 Å². The lowest BCUT2D eigenvalue weighted by atomic mass is 10.1. The maximum absolute atomic E-state index is 12.7. The minimum absolute atomic E-state index is 0.0740. The number of methoxy groups -OCH3 is 1. The molecule has 0 unspecified atom stereocenters. The Morgan fingerprint density at radius 3 is 2.58 bits per heavy atom. The summed E-state index contributed by atoms with van der Waals surface area (Å²) >= 11 is 0. The van der Waals surface area contributed by atoms with E-state index in [9.17, 15) is 4.79 Å². The second kappa shape index (κ2) is 7.07. The van der Waals surface area contributed by atoms with Gasteiger partial charge < -0.3 is 9.64 Å². The Bertz CT molecular complexity index is 934. The van der Waals surface area contributed by atoms with Crippen LogP contribution >= 0.6 is 0 Å². The number of amides is 1. The molecule has 3 heterocycles. The fourth-order valence-corrected chi connectivity index (χ4v) is 3.22. The second-order valence-electron chi connectivity index (χ2n) is 6.40. The van der Waals surface area contributed by atoms with Crippen LogP contribution in [0.15, 0.2) is 42.7 Å². The second-order valence-corrected chi connectivity index (χ2v) is 6.40. The molecule has 1 aromatic carbocycles. The van der Waals surface area contributed by atoms with Crippen LogP contribution < -0.4 is 4.74 Å². The van der Waals surface area contributed by atoms with E-state index in [4.69, 9.17) is 4.74 Å². The molecular formula is C20H20N4O2. The van der Waals surface area contributed by atoms with Gasteiger partial charge in [0.1, 0.15) is 0 Å². The van der Waals surface area contributed by atoms with E-state index in [1.165, 1.54) is 6.42 Å². The summed E-state index contributed by atoms with van der Waals surface area (Å²) in [5, 5.41) is 0. The molecular weight excluding hydrogens is 328 g/mol. The monoisotopic (exact) mass is 348 g/mol. The molecule has 0 saturated carbocycles. The third-order valence-electron chi connectivity index (χ3n) is 4.67. The van der Waals surface area contributed by atoms with Crippen molar-refractivity contribution in [3.63, 3.8) is 0 Å². The molecule has 0 radical (unpaired) electrons. The molecule has 6 nitrogen and oxygen atoms in total. The van der Waals surface area contributed by atoms with E-state index in [2.05, 4.69) is 15.0 Å². The number of likely N-dealkylation sites (tertiary alicyclic amines) is 1. The van der Waals surface area contributed by atoms with E-state index >= 15 is 0 Å². The number of benzene rings is 1. The summed E-state index contributed by atoms with van der Waals surface area (Å²) in [6.07, 6.45) is 6.78. The number of fused-ring (bicyclic) bond motifs is 1. The minimum Gasteiger partial charge on any atom is -0.481 e. The van der Waals surface area contributed by atoms with Crippen molar-refractivity contribution in [2.24, 2.45) is 0 Å². The molecule has 0 N–H and O–H groups in total. The number of nitrogens with zero attached hydrogens (tertiary/aromatic N) is 4. The first kappa shape index (κ1) is 16.4. The SMILES string of the molecule is COc1ccc(-c2cnc3ccc(C(=O)N4CCCCC4)cc3n2)cn1. The molecule has 1 amide bonds. The average molecular weight is 348 g/mol. The van der Waals surface area contributed by atoms with Crippen LogP contribution in [-0.2, 0) is 0 Å². The smallest absolute Gasteiger partial charge is 0.253 e. The van der Waals surface area contributed by atoms with Crippen molar-refractivity contribution in [3.05, 3.63) is 48.3 Å². The summed E-state index contributed by atoms with van der Waals surface area (Å²) in [6.45, 7) is 1.67. The summed E-state index contributed by atoms with van der Waals surface area (Å²) in [5.41, 5.74) is 3.72. The highest BCUT2D eigenvalue weighted by Gasteiger charge is 2.18. The summed E-state index contributed by atoms with van der Waals surface area (Å²) in [6, 6.07) is 9.21. The molecule has 0 bridgehead atoms. The zero-order chi connectivity index (χ0) is 17.9. The third-order valence-corrected chi connectivity index (χ3v) is 4.67. The number of pyridine rings is 1. The van der Waals surface area contributed by atoms with E-state index in [-0.39, 0.29) is 5.91 Å². The van der Waals surface area contributed by atoms with E-state index in [1.807, 2.05) is 29.2 Å². The Labute approximate surface area is 151 Å². The van der Waals surface area contributed by atoms with Gasteiger partial charge in [-0.05, 0) is 43.5 Å². The Balaban J connectivity index is 1.66. The molecule has 0 atom stereocenters. The highest BCUT2D eigenvalue weighted by Crippen LogP contribution is 2.22. The van der Waals surface area contributed by atoms with Gasteiger partial charge in [0, 0.05) is 36.5 Å². The number of hydrogen-bond acceptors (Lipinski definition) is 5. The third kappa shape index (κ3) is 3.22. The standard InChI is InChI=1S/C20H20N4O2/c1-26-19-8-6-15(12-22-19)18-13-21-16-7-5-14(11-17(16)23-18)20(25)24-9-3-2-4-10-24/h5-8,11-13H,2-4,9-10H2,1H3. The maximum atomic E-state index is 12.7. The molecule has 1 aliphatic rings. The number of aromatic nitrogens is 3. The Kier molecular flexibility index (Phi) is 4.48. The minimum atomic E-state index is 0.0740. The van der Waals surface area contributed by atoms with Crippen molar-refractivity contribution in [3.8, 4) is 17.1 Å². The normalized spacial score (nSPS) is 14.4. The zero-order valence-electron chi connectivity index (χ0n) is 14.7. The van der Waals surface area contributed by atoms with E-state index in [0.717, 1.165) is 42.7 Å². The van der Waals surface area contributed by atoms with Gasteiger partial charge in [-0.3, -0.25) is 9.78 Å². The van der Waals surface area contributed by atoms with E-state index in [1.54, 1.807) is 25.6 Å². The molecule has 1 aliphatic heterocycles. The Morgan fingerprint density at radius 1 is 1.00 bits per heavy atom. The lowest BCUT2D eigenvalue weighted by molar-refractivity contribution is 0.0724. The predicted octanol–water partition coefficient (Wildman–Crippen LogP) is 3.33. The number of hydrogen-bond donors (Lipinski definition) is 0. The molecule has 2 aromatic heterocycles. The molecule has 4 rings (SSSR count). The predicted molar refractivity (Wildman–Crippen MR) is 99.1 cm³/mol. The van der Waals surface area contributed by atoms with E-state index in [0.29, 0.717) is 17.0 Å². The fraction of sp³-hybridized carbons (Fsp3) is 0.300. The largest absolute Gasteiger partial charge is 0.481 e. The van der Waals surface area contributed by atoms with Crippen LogP contribution in [0.25, 0.3) is 22.3 Å². The topological polar surface area (TPSA) is 68.2 Å². The van der Waals surface area contributed by atoms with Crippen LogP contribution in [-0.4, -0.2) is 46.0 Å². The van der Waals surface area contributed by atoms with Gasteiger partial charge in [0.15, 0.2) is 0 Å². The van der Waals surface area contributed by atoms with Crippen molar-refractivity contribution >= 4 is 16.9 Å². The molecule has 0 spiro atoms. The van der Waals surface area contributed by atoms with Gasteiger partial charge in [-0.1, -0.05) is 0 Å². The van der Waals surface area contributed by atoms with Crippen LogP contribution in [0.4, 0.5) is 0 Å². The van der Waals surface area contributed by atoms with Crippen LogP contribution in [0.1, 0.15) is 29.6 Å². The van der Waals surface area contributed by atoms with Crippen molar-refractivity contribution in [2.45, 2.75) is 19.3 Å². The van der Waals surface area contributed by atoms with Crippen LogP contribution in [0.3, 0.4) is 0 Å². The molecule has 6 heteroatoms. The van der Waals surface area contributed by atoms with Gasteiger partial charge in [-0.15, -0.1) is 0 Å². The van der Waals surface area contributed by atoms with Gasteiger partial charge in [0.25, 0.3) is 5.91 Å². The first-order valence-corrected chi connectivity index (χ1v) is 8.81. The van der Waals surface area contributed by atoms with Crippen molar-refractivity contribution in [1.82, 2.24) is 19.9 Å². The maximum Gasteiger partial charge on any atom is 0.253 e. The van der Waals surface area contributed by atoms with E-state index < -0.39 is 0 Å². The van der Waals surface area contributed by atoms with Gasteiger partial charge in [0.2, 0.25) is 5.88 Å². The number of carbonyl (C=O) groups excluding carboxylic acids is 1. The fourth-order valence-electron chi connectivity index (χ4n) is 3.22. The van der Waals surface area contributed by atoms with Crippen LogP contribution in [0.2, 0.25) is 0 Å². The quantitative estimate of drug-likeness (QED) is 0.726. The van der Waals surface area contributed by atoms with Gasteiger partial charge >= 0.3 is 0 Å². The summed E-state index contributed by atoms with van der Waals surface area (Å²) in [7, 11) is 1.58. The zero-order valence-corrected chi connectivity index (χ0v) is 14.7. The van der Waals surface area contributed by atoms with Crippen LogP contribution in [0.5, 0.6) is 5.88 Å². The van der Waals surface area contributed by atoms with Crippen molar-refractivity contribution in [1.29, 1.82) is 0 Å². The summed E-state index contributed by atoms with van der Waals surface area (Å²) in [4.78, 5) is 28.0. The molecule has 0 aliphatic carbocycles. The first-order chi connectivity index (χ1) is 12.7. The first-order valence-electron chi connectivity index (χ1n) is 8.81. The molecule has 26 heavy (non-hydrogen) atoms. The number of piperidine rings is 1. The van der Waals surface area contributed by atoms with Crippen LogP contribution in [0, 0.1) is 0 Å². The summed E-state index contributed by atoms with van der Waals surface area (Å²) in [5.74, 6) is 0.627. The number of ether oxygens (including phenoxy) is 1. The van der Waals surface area contributed by atoms with Gasteiger partial charge in [0.05, 0.1) is 30.0 Å². The Morgan fingerprint density at radius 2 is 1.85 bits per heavy atom. The molecule has 132 valence electrons. The highest BCUT2D eigenvalue weighted by molar-refractivity contribution is 5.97. The molecule has 1 saturated heterocycles. The lowest BCUT2D eigenvalue weighted by Crippen LogP contribution is -2.35. The average Bonchev–Trinajstić information content (AvgIpc) is 2.73. The van der Waals surface area contributed by atoms with Crippen molar-refractivity contribution < 1.29 is 9.53 Å². The highest BCUT2D eigenvalue weighted by atomic mass is 16.5. The lowest BCUT2D eigenvalue weighted by Gasteiger charge is -2.26. The Hall–Kier alpha value is -3.02. The molecule has 3 aromatic rings. The number of carbonyl (C=O) groups is 1. The molecule has 1 fully saturated rings. The van der Waals surface area contributed by atoms with Gasteiger partial charge in [-0.2, -0.15) is 0 Å².